The van der Waals surface area contributed by atoms with E-state index in [-0.39, 0.29) is 17.7 Å². The monoisotopic (exact) mass is 311 g/mol. The van der Waals surface area contributed by atoms with Crippen LogP contribution in [0.1, 0.15) is 32.6 Å². The predicted octanol–water partition coefficient (Wildman–Crippen LogP) is 1.31. The van der Waals surface area contributed by atoms with Gasteiger partial charge in [0.25, 0.3) is 0 Å². The summed E-state index contributed by atoms with van der Waals surface area (Å²) in [6.07, 6.45) is 6.02. The Balaban J connectivity index is 1.72. The molecule has 0 spiro atoms. The molecule has 1 saturated carbocycles. The fourth-order valence-electron chi connectivity index (χ4n) is 2.43. The average Bonchev–Trinajstić information content (AvgIpc) is 2.84. The van der Waals surface area contributed by atoms with Gasteiger partial charge in [-0.1, -0.05) is 31.5 Å². The van der Waals surface area contributed by atoms with Gasteiger partial charge in [-0.2, -0.15) is 0 Å². The highest BCUT2D eigenvalue weighted by Gasteiger charge is 2.23. The molecular weight excluding hydrogens is 290 g/mol. The van der Waals surface area contributed by atoms with Crippen LogP contribution in [0, 0.1) is 5.92 Å². The molecule has 21 heavy (non-hydrogen) atoms. The molecular formula is C13H21N5O2S. The van der Waals surface area contributed by atoms with Crippen LogP contribution in [0.5, 0.6) is 0 Å². The molecule has 1 aliphatic rings. The van der Waals surface area contributed by atoms with E-state index in [9.17, 15) is 9.59 Å². The number of aromatic nitrogens is 3. The lowest BCUT2D eigenvalue weighted by Gasteiger charge is -2.29. The summed E-state index contributed by atoms with van der Waals surface area (Å²) in [4.78, 5) is 23.5. The summed E-state index contributed by atoms with van der Waals surface area (Å²) >= 11 is 1.25. The van der Waals surface area contributed by atoms with Gasteiger partial charge in [0.05, 0.1) is 5.75 Å². The van der Waals surface area contributed by atoms with Gasteiger partial charge in [0.2, 0.25) is 5.91 Å². The minimum Gasteiger partial charge on any atom is -0.335 e. The van der Waals surface area contributed by atoms with Crippen LogP contribution in [0.25, 0.3) is 0 Å². The summed E-state index contributed by atoms with van der Waals surface area (Å²) < 4.78 is 1.72. The number of hydrogen-bond acceptors (Lipinski definition) is 5. The summed E-state index contributed by atoms with van der Waals surface area (Å²) in [5.41, 5.74) is 0. The molecule has 0 aromatic carbocycles. The number of thioether (sulfide) groups is 1. The van der Waals surface area contributed by atoms with Crippen molar-refractivity contribution in [3.63, 3.8) is 0 Å². The predicted molar refractivity (Wildman–Crippen MR) is 79.8 cm³/mol. The summed E-state index contributed by atoms with van der Waals surface area (Å²) in [5, 5.41) is 13.5. The van der Waals surface area contributed by atoms with E-state index in [0.29, 0.717) is 11.1 Å². The van der Waals surface area contributed by atoms with E-state index in [0.717, 1.165) is 19.3 Å². The Labute approximate surface area is 128 Å². The molecule has 2 rings (SSSR count). The lowest BCUT2D eigenvalue weighted by molar-refractivity contribution is -0.117. The molecule has 1 heterocycles. The summed E-state index contributed by atoms with van der Waals surface area (Å²) in [7, 11) is 1.80. The molecule has 7 nitrogen and oxygen atoms in total. The molecule has 116 valence electrons. The minimum atomic E-state index is -0.405. The zero-order chi connectivity index (χ0) is 15.2. The van der Waals surface area contributed by atoms with Crippen molar-refractivity contribution in [2.24, 2.45) is 13.0 Å². The van der Waals surface area contributed by atoms with Crippen molar-refractivity contribution in [2.45, 2.75) is 43.8 Å². The van der Waals surface area contributed by atoms with Crippen molar-refractivity contribution in [2.75, 3.05) is 5.75 Å². The van der Waals surface area contributed by atoms with Crippen molar-refractivity contribution in [3.8, 4) is 0 Å². The average molecular weight is 311 g/mol. The highest BCUT2D eigenvalue weighted by molar-refractivity contribution is 7.99. The van der Waals surface area contributed by atoms with Crippen molar-refractivity contribution in [1.29, 1.82) is 0 Å². The van der Waals surface area contributed by atoms with Crippen molar-refractivity contribution in [1.82, 2.24) is 25.4 Å². The number of urea groups is 1. The number of carbonyl (C=O) groups excluding carboxylic acids is 2. The minimum absolute atomic E-state index is 0.139. The van der Waals surface area contributed by atoms with E-state index in [2.05, 4.69) is 27.8 Å². The second kappa shape index (κ2) is 7.44. The van der Waals surface area contributed by atoms with Crippen LogP contribution >= 0.6 is 11.8 Å². The number of rotatable bonds is 4. The summed E-state index contributed by atoms with van der Waals surface area (Å²) in [6, 6.07) is -0.241. The van der Waals surface area contributed by atoms with Crippen LogP contribution in [0.3, 0.4) is 0 Å². The second-order valence-electron chi connectivity index (χ2n) is 5.40. The number of nitrogens with one attached hydrogen (secondary N) is 2. The van der Waals surface area contributed by atoms with Gasteiger partial charge in [-0.05, 0) is 18.8 Å². The van der Waals surface area contributed by atoms with Gasteiger partial charge in [-0.25, -0.2) is 4.79 Å². The van der Waals surface area contributed by atoms with Crippen LogP contribution in [0.2, 0.25) is 0 Å². The lowest BCUT2D eigenvalue weighted by Crippen LogP contribution is -2.48. The Bertz CT molecular complexity index is 505. The van der Waals surface area contributed by atoms with E-state index in [1.54, 1.807) is 17.9 Å². The fraction of sp³-hybridized carbons (Fsp3) is 0.692. The maximum atomic E-state index is 11.8. The Morgan fingerprint density at radius 1 is 1.43 bits per heavy atom. The molecule has 2 atom stereocenters. The maximum Gasteiger partial charge on any atom is 0.321 e. The third-order valence-corrected chi connectivity index (χ3v) is 4.72. The number of aryl methyl sites for hydroxylation is 1. The van der Waals surface area contributed by atoms with Gasteiger partial charge in [0.1, 0.15) is 6.33 Å². The molecule has 1 aromatic rings. The number of imide groups is 1. The normalized spacial score (nSPS) is 21.8. The fourth-order valence-corrected chi connectivity index (χ4v) is 3.12. The summed E-state index contributed by atoms with van der Waals surface area (Å²) in [6.45, 7) is 2.13. The molecule has 0 unspecified atom stereocenters. The van der Waals surface area contributed by atoms with Crippen molar-refractivity contribution >= 4 is 23.7 Å². The first-order valence-corrected chi connectivity index (χ1v) is 8.12. The number of amides is 3. The molecule has 8 heteroatoms. The first-order chi connectivity index (χ1) is 10.1. The molecule has 3 amide bonds. The van der Waals surface area contributed by atoms with E-state index in [1.165, 1.54) is 18.2 Å². The maximum absolute atomic E-state index is 11.8. The first-order valence-electron chi connectivity index (χ1n) is 7.13. The molecule has 2 N–H and O–H groups in total. The van der Waals surface area contributed by atoms with Crippen LogP contribution < -0.4 is 10.6 Å². The van der Waals surface area contributed by atoms with E-state index < -0.39 is 6.03 Å². The van der Waals surface area contributed by atoms with Crippen LogP contribution in [0.15, 0.2) is 11.5 Å². The van der Waals surface area contributed by atoms with Gasteiger partial charge in [-0.15, -0.1) is 10.2 Å². The van der Waals surface area contributed by atoms with Gasteiger partial charge in [0, 0.05) is 13.1 Å². The zero-order valence-corrected chi connectivity index (χ0v) is 13.2. The third-order valence-electron chi connectivity index (χ3n) is 3.68. The third kappa shape index (κ3) is 4.73. The zero-order valence-electron chi connectivity index (χ0n) is 12.3. The Kier molecular flexibility index (Phi) is 5.60. The van der Waals surface area contributed by atoms with Crippen LogP contribution in [-0.4, -0.2) is 38.5 Å². The second-order valence-corrected chi connectivity index (χ2v) is 6.35. The molecule has 0 radical (unpaired) electrons. The Morgan fingerprint density at radius 3 is 2.86 bits per heavy atom. The lowest BCUT2D eigenvalue weighted by atomic mass is 9.86. The van der Waals surface area contributed by atoms with E-state index in [1.807, 2.05) is 0 Å². The van der Waals surface area contributed by atoms with Crippen molar-refractivity contribution < 1.29 is 9.59 Å². The molecule has 1 aromatic heterocycles. The van der Waals surface area contributed by atoms with Gasteiger partial charge >= 0.3 is 6.03 Å². The molecule has 1 fully saturated rings. The number of nitrogens with zero attached hydrogens (tertiary/aromatic N) is 3. The molecule has 1 aliphatic carbocycles. The Morgan fingerprint density at radius 2 is 2.19 bits per heavy atom. The topological polar surface area (TPSA) is 88.9 Å². The van der Waals surface area contributed by atoms with Crippen molar-refractivity contribution in [3.05, 3.63) is 6.33 Å². The van der Waals surface area contributed by atoms with Gasteiger partial charge in [0.15, 0.2) is 5.16 Å². The Hall–Kier alpha value is -1.57. The van der Waals surface area contributed by atoms with Crippen LogP contribution in [-0.2, 0) is 11.8 Å². The van der Waals surface area contributed by atoms with Gasteiger partial charge in [-0.3, -0.25) is 10.1 Å². The van der Waals surface area contributed by atoms with Crippen LogP contribution in [0.4, 0.5) is 4.79 Å². The van der Waals surface area contributed by atoms with E-state index >= 15 is 0 Å². The molecule has 0 aliphatic heterocycles. The first kappa shape index (κ1) is 15.8. The highest BCUT2D eigenvalue weighted by Crippen LogP contribution is 2.23. The summed E-state index contributed by atoms with van der Waals surface area (Å²) in [5.74, 6) is 0.275. The van der Waals surface area contributed by atoms with E-state index in [4.69, 9.17) is 0 Å². The number of carbonyl (C=O) groups is 2. The molecule has 0 saturated heterocycles. The largest absolute Gasteiger partial charge is 0.335 e. The highest BCUT2D eigenvalue weighted by atomic mass is 32.2. The molecule has 0 bridgehead atoms. The number of hydrogen-bond donors (Lipinski definition) is 2. The standard InChI is InChI=1S/C13H21N5O2S/c1-9-5-3-4-6-10(9)15-12(20)16-11(19)7-21-13-17-14-8-18(13)2/h8-10H,3-7H2,1-2H3,(H2,15,16,19,20)/t9-,10-/m1/s1. The quantitative estimate of drug-likeness (QED) is 0.819. The SMILES string of the molecule is C[C@@H]1CCCC[C@H]1NC(=O)NC(=O)CSc1nncn1C. The smallest absolute Gasteiger partial charge is 0.321 e. The van der Waals surface area contributed by atoms with Gasteiger partial charge < -0.3 is 9.88 Å².